The zero-order valence-corrected chi connectivity index (χ0v) is 9.17. The number of methoxy groups -OCH3 is 1. The molecule has 0 amide bonds. The molecule has 0 spiro atoms. The molecule has 1 radical (unpaired) electrons. The molecule has 0 N–H and O–H groups in total. The molecule has 13 heavy (non-hydrogen) atoms. The number of benzene rings is 1. The van der Waals surface area contributed by atoms with E-state index in [4.69, 9.17) is 4.74 Å². The average molecular weight is 240 g/mol. The van der Waals surface area contributed by atoms with Gasteiger partial charge in [0.25, 0.3) is 0 Å². The van der Waals surface area contributed by atoms with Gasteiger partial charge in [0.05, 0.1) is 7.11 Å². The first-order chi connectivity index (χ1) is 6.19. The third-order valence-electron chi connectivity index (χ3n) is 1.88. The van der Waals surface area contributed by atoms with Crippen LogP contribution < -0.4 is 4.74 Å². The smallest absolute Gasteiger partial charge is 0.122 e. The normalized spacial score (nSPS) is 12.2. The van der Waals surface area contributed by atoms with Crippen molar-refractivity contribution in [1.82, 2.24) is 0 Å². The van der Waals surface area contributed by atoms with Gasteiger partial charge in [0.15, 0.2) is 0 Å². The summed E-state index contributed by atoms with van der Waals surface area (Å²) in [5.41, 5.74) is 1.05. The second kappa shape index (κ2) is 4.47. The Labute approximate surface area is 87.5 Å². The molecule has 0 saturated heterocycles. The van der Waals surface area contributed by atoms with Gasteiger partial charge in [-0.2, -0.15) is 0 Å². The van der Waals surface area contributed by atoms with Gasteiger partial charge < -0.3 is 4.74 Å². The van der Waals surface area contributed by atoms with Gasteiger partial charge in [-0.25, -0.2) is 0 Å². The number of hydrogen-bond acceptors (Lipinski definition) is 1. The molecule has 1 atom stereocenters. The topological polar surface area (TPSA) is 9.23 Å². The van der Waals surface area contributed by atoms with E-state index in [0.717, 1.165) is 15.8 Å². The van der Waals surface area contributed by atoms with E-state index in [1.165, 1.54) is 0 Å². The molecule has 1 aromatic carbocycles. The molecule has 0 aliphatic heterocycles. The highest BCUT2D eigenvalue weighted by molar-refractivity contribution is 9.10. The summed E-state index contributed by atoms with van der Waals surface area (Å²) in [5, 5.41) is 0. The quantitative estimate of drug-likeness (QED) is 0.734. The Morgan fingerprint density at radius 3 is 2.77 bits per heavy atom. The summed E-state index contributed by atoms with van der Waals surface area (Å²) in [6, 6.07) is 5.86. The Bertz CT molecular complexity index is 307. The van der Waals surface area contributed by atoms with Gasteiger partial charge in [0.1, 0.15) is 5.75 Å². The van der Waals surface area contributed by atoms with Gasteiger partial charge in [-0.3, -0.25) is 0 Å². The Kier molecular flexibility index (Phi) is 3.55. The fourth-order valence-corrected chi connectivity index (χ4v) is 1.50. The number of halogens is 1. The molecule has 0 saturated carbocycles. The fourth-order valence-electron chi connectivity index (χ4n) is 1.12. The van der Waals surface area contributed by atoms with Crippen molar-refractivity contribution in [2.75, 3.05) is 7.11 Å². The molecule has 1 unspecified atom stereocenters. The third-order valence-corrected chi connectivity index (χ3v) is 2.37. The molecule has 0 aliphatic rings. The van der Waals surface area contributed by atoms with Crippen LogP contribution >= 0.6 is 15.9 Å². The Hall–Kier alpha value is -0.760. The number of allylic oxidation sites excluding steroid dienone is 1. The van der Waals surface area contributed by atoms with Crippen LogP contribution in [0.4, 0.5) is 0 Å². The van der Waals surface area contributed by atoms with Crippen LogP contribution in [0.3, 0.4) is 0 Å². The molecule has 69 valence electrons. The first-order valence-electron chi connectivity index (χ1n) is 3.98. The largest absolute Gasteiger partial charge is 0.496 e. The standard InChI is InChI=1S/C11H12BrO/c1-4-8(2)10-7-9(12)5-6-11(10)13-3/h4-8H,1-2H2,3H3. The molecular formula is C11H12BrO. The summed E-state index contributed by atoms with van der Waals surface area (Å²) in [6.07, 6.45) is 1.80. The van der Waals surface area contributed by atoms with E-state index in [9.17, 15) is 0 Å². The summed E-state index contributed by atoms with van der Waals surface area (Å²) < 4.78 is 6.24. The van der Waals surface area contributed by atoms with Crippen LogP contribution in [0.15, 0.2) is 35.3 Å². The molecule has 1 nitrogen and oxygen atoms in total. The molecule has 0 heterocycles. The number of rotatable bonds is 3. The molecule has 0 aromatic heterocycles. The number of hydrogen-bond donors (Lipinski definition) is 0. The van der Waals surface area contributed by atoms with E-state index < -0.39 is 0 Å². The van der Waals surface area contributed by atoms with E-state index in [0.29, 0.717) is 0 Å². The van der Waals surface area contributed by atoms with E-state index >= 15 is 0 Å². The van der Waals surface area contributed by atoms with Crippen molar-refractivity contribution >= 4 is 15.9 Å². The van der Waals surface area contributed by atoms with Crippen molar-refractivity contribution in [3.63, 3.8) is 0 Å². The second-order valence-electron chi connectivity index (χ2n) is 2.73. The van der Waals surface area contributed by atoms with E-state index in [-0.39, 0.29) is 5.92 Å². The zero-order valence-electron chi connectivity index (χ0n) is 7.59. The van der Waals surface area contributed by atoms with Crippen molar-refractivity contribution < 1.29 is 4.74 Å². The van der Waals surface area contributed by atoms with Crippen molar-refractivity contribution in [2.24, 2.45) is 0 Å². The fraction of sp³-hybridized carbons (Fsp3) is 0.182. The van der Waals surface area contributed by atoms with Crippen LogP contribution in [0.25, 0.3) is 0 Å². The molecular weight excluding hydrogens is 228 g/mol. The molecule has 1 rings (SSSR count). The highest BCUT2D eigenvalue weighted by Gasteiger charge is 2.08. The Morgan fingerprint density at radius 1 is 1.54 bits per heavy atom. The van der Waals surface area contributed by atoms with Crippen molar-refractivity contribution in [3.05, 3.63) is 47.8 Å². The van der Waals surface area contributed by atoms with E-state index in [1.807, 2.05) is 18.2 Å². The minimum absolute atomic E-state index is 0.0625. The summed E-state index contributed by atoms with van der Waals surface area (Å²) in [4.78, 5) is 0. The highest BCUT2D eigenvalue weighted by atomic mass is 79.9. The van der Waals surface area contributed by atoms with E-state index in [2.05, 4.69) is 29.4 Å². The van der Waals surface area contributed by atoms with Crippen LogP contribution in [0.2, 0.25) is 0 Å². The van der Waals surface area contributed by atoms with Crippen LogP contribution in [0.5, 0.6) is 5.75 Å². The Morgan fingerprint density at radius 2 is 2.23 bits per heavy atom. The van der Waals surface area contributed by atoms with Crippen molar-refractivity contribution in [2.45, 2.75) is 5.92 Å². The highest BCUT2D eigenvalue weighted by Crippen LogP contribution is 2.29. The van der Waals surface area contributed by atoms with Gasteiger partial charge in [-0.15, -0.1) is 6.58 Å². The minimum Gasteiger partial charge on any atom is -0.496 e. The minimum atomic E-state index is 0.0625. The summed E-state index contributed by atoms with van der Waals surface area (Å²) >= 11 is 3.41. The molecule has 0 bridgehead atoms. The lowest BCUT2D eigenvalue weighted by Crippen LogP contribution is -1.94. The van der Waals surface area contributed by atoms with E-state index in [1.54, 1.807) is 13.2 Å². The third kappa shape index (κ3) is 2.34. The maximum Gasteiger partial charge on any atom is 0.122 e. The second-order valence-corrected chi connectivity index (χ2v) is 3.64. The van der Waals surface area contributed by atoms with Gasteiger partial charge in [-0.1, -0.05) is 22.0 Å². The van der Waals surface area contributed by atoms with Gasteiger partial charge in [0.2, 0.25) is 0 Å². The first kappa shape index (κ1) is 10.3. The zero-order chi connectivity index (χ0) is 9.84. The summed E-state index contributed by atoms with van der Waals surface area (Å²) in [5.74, 6) is 0.913. The van der Waals surface area contributed by atoms with Gasteiger partial charge >= 0.3 is 0 Å². The lowest BCUT2D eigenvalue weighted by Gasteiger charge is -2.12. The molecule has 1 aromatic rings. The lowest BCUT2D eigenvalue weighted by molar-refractivity contribution is 0.409. The van der Waals surface area contributed by atoms with Crippen molar-refractivity contribution in [1.29, 1.82) is 0 Å². The lowest BCUT2D eigenvalue weighted by atomic mass is 10.0. The van der Waals surface area contributed by atoms with Crippen LogP contribution in [0.1, 0.15) is 11.5 Å². The predicted octanol–water partition coefficient (Wildman–Crippen LogP) is 3.56. The maximum atomic E-state index is 5.21. The predicted molar refractivity (Wildman–Crippen MR) is 59.0 cm³/mol. The van der Waals surface area contributed by atoms with Crippen LogP contribution in [-0.2, 0) is 0 Å². The van der Waals surface area contributed by atoms with Crippen LogP contribution in [-0.4, -0.2) is 7.11 Å². The summed E-state index contributed by atoms with van der Waals surface area (Å²) in [7, 11) is 1.66. The molecule has 2 heteroatoms. The summed E-state index contributed by atoms with van der Waals surface area (Å²) in [6.45, 7) is 7.67. The first-order valence-corrected chi connectivity index (χ1v) is 4.77. The SMILES string of the molecule is [CH2]C(C=C)c1cc(Br)ccc1OC. The number of ether oxygens (including phenoxy) is 1. The average Bonchev–Trinajstić information content (AvgIpc) is 2.16. The monoisotopic (exact) mass is 239 g/mol. The van der Waals surface area contributed by atoms with Crippen molar-refractivity contribution in [3.8, 4) is 5.75 Å². The van der Waals surface area contributed by atoms with Gasteiger partial charge in [-0.05, 0) is 25.1 Å². The van der Waals surface area contributed by atoms with Gasteiger partial charge in [0, 0.05) is 16.0 Å². The maximum absolute atomic E-state index is 5.21. The molecule has 0 fully saturated rings. The Balaban J connectivity index is 3.14. The molecule has 0 aliphatic carbocycles. The van der Waals surface area contributed by atoms with Crippen LogP contribution in [0, 0.1) is 6.92 Å².